The summed E-state index contributed by atoms with van der Waals surface area (Å²) < 4.78 is 19.2. The van der Waals surface area contributed by atoms with Crippen LogP contribution in [0.1, 0.15) is 31.0 Å². The van der Waals surface area contributed by atoms with E-state index in [9.17, 15) is 9.59 Å². The van der Waals surface area contributed by atoms with E-state index in [-0.39, 0.29) is 12.2 Å². The molecule has 0 unspecified atom stereocenters. The summed E-state index contributed by atoms with van der Waals surface area (Å²) in [6, 6.07) is 9.97. The van der Waals surface area contributed by atoms with Crippen LogP contribution in [0.25, 0.3) is 6.08 Å². The van der Waals surface area contributed by atoms with Gasteiger partial charge < -0.3 is 14.2 Å². The van der Waals surface area contributed by atoms with Gasteiger partial charge in [0.2, 0.25) is 0 Å². The summed E-state index contributed by atoms with van der Waals surface area (Å²) in [5.74, 6) is 0.537. The second-order valence-electron chi connectivity index (χ2n) is 7.99. The molecule has 7 nitrogen and oxygen atoms in total. The summed E-state index contributed by atoms with van der Waals surface area (Å²) in [5, 5.41) is 0.551. The molecule has 1 atom stereocenters. The van der Waals surface area contributed by atoms with E-state index in [1.54, 1.807) is 63.4 Å². The summed E-state index contributed by atoms with van der Waals surface area (Å²) in [7, 11) is 1.55. The molecule has 10 heteroatoms. The second kappa shape index (κ2) is 11.5. The summed E-state index contributed by atoms with van der Waals surface area (Å²) in [6.07, 6.45) is 3.40. The van der Waals surface area contributed by atoms with Crippen LogP contribution in [0.2, 0.25) is 5.02 Å². The largest absolute Gasteiger partial charge is 0.493 e. The number of halogens is 2. The number of nitrogens with zero attached hydrogens (tertiary/aromatic N) is 2. The van der Waals surface area contributed by atoms with Gasteiger partial charge in [0.05, 0.1) is 40.0 Å². The fourth-order valence-corrected chi connectivity index (χ4v) is 5.76. The number of methoxy groups -OCH3 is 1. The van der Waals surface area contributed by atoms with Gasteiger partial charge in [-0.2, -0.15) is 0 Å². The third-order valence-corrected chi connectivity index (χ3v) is 7.42. The molecule has 192 valence electrons. The standard InChI is InChI=1S/C27H24BrClN2O5S/c1-5-11-36-24-19(28)12-16(13-20(24)34-4)14-21-25(32)31-23(17-7-9-18(29)10-8-17)22(26(33)35-6-2)15(3)30-27(31)37-21/h5,7-10,12-14,23H,1,6,11H2,2-4H3/t23-/m1/s1. The number of carbonyl (C=O) groups is 1. The number of aromatic nitrogens is 1. The second-order valence-corrected chi connectivity index (χ2v) is 10.3. The Kier molecular flexibility index (Phi) is 8.36. The number of hydrogen-bond donors (Lipinski definition) is 0. The van der Waals surface area contributed by atoms with Crippen LogP contribution in [0.3, 0.4) is 0 Å². The molecule has 0 radical (unpaired) electrons. The summed E-state index contributed by atoms with van der Waals surface area (Å²) in [5.41, 5.74) is 1.99. The van der Waals surface area contributed by atoms with Gasteiger partial charge in [-0.05, 0) is 71.2 Å². The van der Waals surface area contributed by atoms with Crippen LogP contribution in [0.4, 0.5) is 0 Å². The molecule has 0 fully saturated rings. The average Bonchev–Trinajstić information content (AvgIpc) is 3.17. The van der Waals surface area contributed by atoms with Gasteiger partial charge in [0, 0.05) is 5.02 Å². The minimum Gasteiger partial charge on any atom is -0.493 e. The average molecular weight is 604 g/mol. The first-order valence-corrected chi connectivity index (χ1v) is 13.3. The highest BCUT2D eigenvalue weighted by molar-refractivity contribution is 9.10. The number of hydrogen-bond acceptors (Lipinski definition) is 7. The van der Waals surface area contributed by atoms with Crippen LogP contribution < -0.4 is 24.4 Å². The fraction of sp³-hybridized carbons (Fsp3) is 0.222. The third-order valence-electron chi connectivity index (χ3n) is 5.60. The lowest BCUT2D eigenvalue weighted by Crippen LogP contribution is -2.39. The predicted octanol–water partition coefficient (Wildman–Crippen LogP) is 4.79. The molecule has 3 aromatic rings. The van der Waals surface area contributed by atoms with Crippen LogP contribution >= 0.6 is 38.9 Å². The molecule has 0 aliphatic carbocycles. The maximum absolute atomic E-state index is 13.8. The number of ether oxygens (including phenoxy) is 3. The van der Waals surface area contributed by atoms with E-state index in [1.165, 1.54) is 15.9 Å². The van der Waals surface area contributed by atoms with Gasteiger partial charge in [-0.3, -0.25) is 9.36 Å². The highest BCUT2D eigenvalue weighted by Gasteiger charge is 2.33. The Balaban J connectivity index is 1.90. The van der Waals surface area contributed by atoms with Crippen LogP contribution in [0, 0.1) is 0 Å². The zero-order valence-electron chi connectivity index (χ0n) is 20.4. The van der Waals surface area contributed by atoms with Gasteiger partial charge >= 0.3 is 5.97 Å². The summed E-state index contributed by atoms with van der Waals surface area (Å²) in [6.45, 7) is 7.68. The van der Waals surface area contributed by atoms with E-state index < -0.39 is 12.0 Å². The molecule has 0 saturated heterocycles. The van der Waals surface area contributed by atoms with Crippen molar-refractivity contribution < 1.29 is 19.0 Å². The van der Waals surface area contributed by atoms with Crippen molar-refractivity contribution in [1.82, 2.24) is 4.57 Å². The van der Waals surface area contributed by atoms with Crippen molar-refractivity contribution in [3.05, 3.63) is 101 Å². The van der Waals surface area contributed by atoms with Gasteiger partial charge in [0.25, 0.3) is 5.56 Å². The van der Waals surface area contributed by atoms with Gasteiger partial charge in [0.15, 0.2) is 16.3 Å². The molecule has 1 aliphatic rings. The highest BCUT2D eigenvalue weighted by atomic mass is 79.9. The summed E-state index contributed by atoms with van der Waals surface area (Å²) >= 11 is 10.9. The van der Waals surface area contributed by atoms with Crippen molar-refractivity contribution in [1.29, 1.82) is 0 Å². The van der Waals surface area contributed by atoms with E-state index in [0.29, 0.717) is 48.2 Å². The molecule has 4 rings (SSSR count). The molecule has 37 heavy (non-hydrogen) atoms. The number of carbonyl (C=O) groups excluding carboxylic acids is 1. The lowest BCUT2D eigenvalue weighted by molar-refractivity contribution is -0.139. The fourth-order valence-electron chi connectivity index (χ4n) is 4.01. The Morgan fingerprint density at radius 3 is 2.68 bits per heavy atom. The monoisotopic (exact) mass is 602 g/mol. The molecule has 0 spiro atoms. The number of esters is 1. The van der Waals surface area contributed by atoms with E-state index in [1.807, 2.05) is 6.07 Å². The Bertz CT molecular complexity index is 1570. The first-order valence-electron chi connectivity index (χ1n) is 11.3. The lowest BCUT2D eigenvalue weighted by atomic mass is 9.96. The normalized spacial score (nSPS) is 15.2. The van der Waals surface area contributed by atoms with Crippen molar-refractivity contribution >= 4 is 50.9 Å². The maximum atomic E-state index is 13.8. The Labute approximate surface area is 231 Å². The first kappa shape index (κ1) is 26.9. The van der Waals surface area contributed by atoms with Crippen molar-refractivity contribution in [2.45, 2.75) is 19.9 Å². The SMILES string of the molecule is C=CCOc1c(Br)cc(C=c2sc3n(c2=O)[C@H](c2ccc(Cl)cc2)C(C(=O)OCC)=C(C)N=3)cc1OC. The van der Waals surface area contributed by atoms with Crippen LogP contribution in [0.15, 0.2) is 74.6 Å². The smallest absolute Gasteiger partial charge is 0.338 e. The zero-order chi connectivity index (χ0) is 26.7. The topological polar surface area (TPSA) is 79.1 Å². The van der Waals surface area contributed by atoms with Crippen molar-refractivity contribution in [2.24, 2.45) is 4.99 Å². The molecule has 1 aromatic heterocycles. The van der Waals surface area contributed by atoms with Crippen LogP contribution in [-0.2, 0) is 9.53 Å². The molecule has 2 heterocycles. The third kappa shape index (κ3) is 5.44. The van der Waals surface area contributed by atoms with Gasteiger partial charge in [-0.25, -0.2) is 9.79 Å². The van der Waals surface area contributed by atoms with E-state index in [2.05, 4.69) is 27.5 Å². The maximum Gasteiger partial charge on any atom is 0.338 e. The molecular weight excluding hydrogens is 580 g/mol. The Hall–Kier alpha value is -3.14. The highest BCUT2D eigenvalue weighted by Crippen LogP contribution is 2.37. The van der Waals surface area contributed by atoms with Crippen LogP contribution in [0.5, 0.6) is 11.5 Å². The molecule has 1 aliphatic heterocycles. The Morgan fingerprint density at radius 2 is 2.03 bits per heavy atom. The van der Waals surface area contributed by atoms with Crippen molar-refractivity contribution in [3.63, 3.8) is 0 Å². The summed E-state index contributed by atoms with van der Waals surface area (Å²) in [4.78, 5) is 31.8. The minimum atomic E-state index is -0.703. The number of benzene rings is 2. The first-order chi connectivity index (χ1) is 17.8. The van der Waals surface area contributed by atoms with Gasteiger partial charge in [-0.1, -0.05) is 47.7 Å². The zero-order valence-corrected chi connectivity index (χ0v) is 23.6. The number of fused-ring (bicyclic) bond motifs is 1. The molecule has 0 amide bonds. The van der Waals surface area contributed by atoms with Gasteiger partial charge in [-0.15, -0.1) is 0 Å². The molecule has 0 saturated carbocycles. The quantitative estimate of drug-likeness (QED) is 0.273. The number of allylic oxidation sites excluding steroid dienone is 1. The van der Waals surface area contributed by atoms with Gasteiger partial charge in [0.1, 0.15) is 6.61 Å². The molecular formula is C27H24BrClN2O5S. The molecule has 0 N–H and O–H groups in total. The van der Waals surface area contributed by atoms with E-state index in [4.69, 9.17) is 25.8 Å². The molecule has 0 bridgehead atoms. The molecule has 2 aromatic carbocycles. The van der Waals surface area contributed by atoms with E-state index in [0.717, 1.165) is 11.1 Å². The number of thiazole rings is 1. The lowest BCUT2D eigenvalue weighted by Gasteiger charge is -2.24. The minimum absolute atomic E-state index is 0.205. The Morgan fingerprint density at radius 1 is 1.30 bits per heavy atom. The van der Waals surface area contributed by atoms with E-state index >= 15 is 0 Å². The van der Waals surface area contributed by atoms with Crippen LogP contribution in [-0.4, -0.2) is 30.9 Å². The van der Waals surface area contributed by atoms with Crippen molar-refractivity contribution in [2.75, 3.05) is 20.3 Å². The predicted molar refractivity (Wildman–Crippen MR) is 148 cm³/mol. The van der Waals surface area contributed by atoms with Crippen molar-refractivity contribution in [3.8, 4) is 11.5 Å². The number of rotatable bonds is 8.